The molecule has 0 saturated carbocycles. The number of nitrogens with one attached hydrogen (secondary N) is 1. The zero-order chi connectivity index (χ0) is 21.4. The van der Waals surface area contributed by atoms with E-state index in [0.717, 1.165) is 4.90 Å². The Morgan fingerprint density at radius 2 is 1.67 bits per heavy atom. The van der Waals surface area contributed by atoms with Crippen molar-refractivity contribution in [2.24, 2.45) is 0 Å². The number of imide groups is 1. The van der Waals surface area contributed by atoms with E-state index in [2.05, 4.69) is 9.97 Å². The molecule has 0 aliphatic carbocycles. The molecule has 11 heteroatoms. The van der Waals surface area contributed by atoms with Gasteiger partial charge in [-0.3, -0.25) is 24.1 Å². The molecule has 4 rings (SSSR count). The standard InChI is InChI=1S/C19H19F2N5O4/c20-17(21)18-22-12-2-1-11(9-13(12)23-18)19(30)25-7-5-24(6-8-25)16(29)10-26-14(27)3-4-15(26)28/h1-2,9,17H,3-8,10H2,(H,22,23). The fourth-order valence-corrected chi connectivity index (χ4v) is 3.64. The zero-order valence-electron chi connectivity index (χ0n) is 15.9. The Hall–Kier alpha value is -3.37. The summed E-state index contributed by atoms with van der Waals surface area (Å²) in [6.07, 6.45) is -2.46. The van der Waals surface area contributed by atoms with Gasteiger partial charge in [-0.05, 0) is 18.2 Å². The predicted molar refractivity (Wildman–Crippen MR) is 99.5 cm³/mol. The summed E-state index contributed by atoms with van der Waals surface area (Å²) in [5.41, 5.74) is 1.04. The van der Waals surface area contributed by atoms with Crippen molar-refractivity contribution in [1.82, 2.24) is 24.7 Å². The minimum Gasteiger partial charge on any atom is -0.338 e. The van der Waals surface area contributed by atoms with E-state index in [1.54, 1.807) is 4.90 Å². The van der Waals surface area contributed by atoms with Crippen LogP contribution in [0.1, 0.15) is 35.4 Å². The van der Waals surface area contributed by atoms with Crippen molar-refractivity contribution in [3.63, 3.8) is 0 Å². The van der Waals surface area contributed by atoms with E-state index in [1.165, 1.54) is 23.1 Å². The molecule has 9 nitrogen and oxygen atoms in total. The minimum atomic E-state index is -2.73. The molecule has 0 radical (unpaired) electrons. The van der Waals surface area contributed by atoms with E-state index in [4.69, 9.17) is 0 Å². The summed E-state index contributed by atoms with van der Waals surface area (Å²) < 4.78 is 25.6. The molecule has 2 aliphatic rings. The van der Waals surface area contributed by atoms with Crippen molar-refractivity contribution >= 4 is 34.7 Å². The van der Waals surface area contributed by atoms with Crippen molar-refractivity contribution < 1.29 is 28.0 Å². The molecule has 2 aliphatic heterocycles. The third-order valence-corrected chi connectivity index (χ3v) is 5.32. The molecule has 0 bridgehead atoms. The van der Waals surface area contributed by atoms with E-state index in [0.29, 0.717) is 16.6 Å². The van der Waals surface area contributed by atoms with Gasteiger partial charge in [0.2, 0.25) is 17.7 Å². The molecule has 2 saturated heterocycles. The van der Waals surface area contributed by atoms with Crippen molar-refractivity contribution in [3.8, 4) is 0 Å². The SMILES string of the molecule is O=C(CN1C(=O)CCC1=O)N1CCN(C(=O)c2ccc3nc(C(F)F)[nH]c3c2)CC1. The summed E-state index contributed by atoms with van der Waals surface area (Å²) in [5, 5.41) is 0. The Balaban J connectivity index is 1.37. The van der Waals surface area contributed by atoms with E-state index in [9.17, 15) is 28.0 Å². The molecule has 3 heterocycles. The molecular formula is C19H19F2N5O4. The molecular weight excluding hydrogens is 400 g/mol. The summed E-state index contributed by atoms with van der Waals surface area (Å²) in [7, 11) is 0. The number of piperazine rings is 1. The first-order valence-electron chi connectivity index (χ1n) is 9.51. The van der Waals surface area contributed by atoms with Crippen LogP contribution in [0.25, 0.3) is 11.0 Å². The van der Waals surface area contributed by atoms with Gasteiger partial charge >= 0.3 is 0 Å². The first-order valence-corrected chi connectivity index (χ1v) is 9.51. The average Bonchev–Trinajstić information content (AvgIpc) is 3.31. The lowest BCUT2D eigenvalue weighted by atomic mass is 10.1. The van der Waals surface area contributed by atoms with Gasteiger partial charge in [-0.15, -0.1) is 0 Å². The topological polar surface area (TPSA) is 107 Å². The van der Waals surface area contributed by atoms with Crippen LogP contribution in [-0.4, -0.2) is 81.0 Å². The lowest BCUT2D eigenvalue weighted by Crippen LogP contribution is -2.53. The van der Waals surface area contributed by atoms with Crippen molar-refractivity contribution in [3.05, 3.63) is 29.6 Å². The number of carbonyl (C=O) groups excluding carboxylic acids is 4. The molecule has 0 unspecified atom stereocenters. The Morgan fingerprint density at radius 3 is 2.30 bits per heavy atom. The van der Waals surface area contributed by atoms with E-state index in [-0.39, 0.29) is 69.2 Å². The van der Waals surface area contributed by atoms with Gasteiger partial charge in [0.15, 0.2) is 5.82 Å². The van der Waals surface area contributed by atoms with Gasteiger partial charge in [-0.2, -0.15) is 0 Å². The lowest BCUT2D eigenvalue weighted by molar-refractivity contribution is -0.146. The Labute approximate surface area is 169 Å². The van der Waals surface area contributed by atoms with E-state index in [1.807, 2.05) is 0 Å². The van der Waals surface area contributed by atoms with Crippen LogP contribution in [0.15, 0.2) is 18.2 Å². The van der Waals surface area contributed by atoms with Gasteiger partial charge in [0, 0.05) is 44.6 Å². The summed E-state index contributed by atoms with van der Waals surface area (Å²) in [6, 6.07) is 4.52. The van der Waals surface area contributed by atoms with E-state index < -0.39 is 12.2 Å². The number of carbonyl (C=O) groups is 4. The lowest BCUT2D eigenvalue weighted by Gasteiger charge is -2.35. The Bertz CT molecular complexity index is 1010. The van der Waals surface area contributed by atoms with Crippen LogP contribution >= 0.6 is 0 Å². The number of benzene rings is 1. The predicted octanol–water partition coefficient (Wildman–Crippen LogP) is 0.934. The van der Waals surface area contributed by atoms with Crippen LogP contribution < -0.4 is 0 Å². The summed E-state index contributed by atoms with van der Waals surface area (Å²) >= 11 is 0. The van der Waals surface area contributed by atoms with Gasteiger partial charge < -0.3 is 14.8 Å². The monoisotopic (exact) mass is 419 g/mol. The summed E-state index contributed by atoms with van der Waals surface area (Å²) in [4.78, 5) is 58.9. The highest BCUT2D eigenvalue weighted by atomic mass is 19.3. The summed E-state index contributed by atoms with van der Waals surface area (Å²) in [5.74, 6) is -1.74. The second-order valence-corrected chi connectivity index (χ2v) is 7.20. The molecule has 1 aromatic carbocycles. The number of amides is 4. The molecule has 4 amide bonds. The van der Waals surface area contributed by atoms with Crippen LogP contribution in [0.5, 0.6) is 0 Å². The maximum Gasteiger partial charge on any atom is 0.295 e. The molecule has 0 atom stereocenters. The highest BCUT2D eigenvalue weighted by Crippen LogP contribution is 2.21. The van der Waals surface area contributed by atoms with Crippen LogP contribution in [0, 0.1) is 0 Å². The third-order valence-electron chi connectivity index (χ3n) is 5.32. The van der Waals surface area contributed by atoms with Crippen LogP contribution in [0.3, 0.4) is 0 Å². The zero-order valence-corrected chi connectivity index (χ0v) is 15.9. The van der Waals surface area contributed by atoms with Gasteiger partial charge in [0.1, 0.15) is 6.54 Å². The Morgan fingerprint density at radius 1 is 1.03 bits per heavy atom. The number of H-pyrrole nitrogens is 1. The number of aromatic amines is 1. The molecule has 0 spiro atoms. The van der Waals surface area contributed by atoms with Crippen molar-refractivity contribution in [2.45, 2.75) is 19.3 Å². The van der Waals surface area contributed by atoms with Crippen LogP contribution in [-0.2, 0) is 14.4 Å². The van der Waals surface area contributed by atoms with E-state index >= 15 is 0 Å². The van der Waals surface area contributed by atoms with Crippen molar-refractivity contribution in [1.29, 1.82) is 0 Å². The number of fused-ring (bicyclic) bond motifs is 1. The largest absolute Gasteiger partial charge is 0.338 e. The van der Waals surface area contributed by atoms with Crippen LogP contribution in [0.4, 0.5) is 8.78 Å². The molecule has 158 valence electrons. The molecule has 1 aromatic heterocycles. The smallest absolute Gasteiger partial charge is 0.295 e. The normalized spacial score (nSPS) is 17.5. The second-order valence-electron chi connectivity index (χ2n) is 7.20. The van der Waals surface area contributed by atoms with Gasteiger partial charge in [0.05, 0.1) is 11.0 Å². The maximum absolute atomic E-state index is 12.8. The molecule has 30 heavy (non-hydrogen) atoms. The third kappa shape index (κ3) is 3.74. The number of imidazole rings is 1. The number of hydrogen-bond donors (Lipinski definition) is 1. The fourth-order valence-electron chi connectivity index (χ4n) is 3.64. The first kappa shape index (κ1) is 19.9. The number of rotatable bonds is 4. The number of hydrogen-bond acceptors (Lipinski definition) is 5. The highest BCUT2D eigenvalue weighted by Gasteiger charge is 2.33. The van der Waals surface area contributed by atoms with Gasteiger partial charge in [-0.1, -0.05) is 0 Å². The number of alkyl halides is 2. The Kier molecular flexibility index (Phi) is 5.18. The minimum absolute atomic E-state index is 0.133. The fraction of sp³-hybridized carbons (Fsp3) is 0.421. The van der Waals surface area contributed by atoms with Crippen molar-refractivity contribution in [2.75, 3.05) is 32.7 Å². The average molecular weight is 419 g/mol. The number of nitrogens with zero attached hydrogens (tertiary/aromatic N) is 4. The number of likely N-dealkylation sites (tertiary alicyclic amines) is 1. The molecule has 2 fully saturated rings. The van der Waals surface area contributed by atoms with Crippen LogP contribution in [0.2, 0.25) is 0 Å². The molecule has 2 aromatic rings. The second kappa shape index (κ2) is 7.81. The van der Waals surface area contributed by atoms with Gasteiger partial charge in [0.25, 0.3) is 12.3 Å². The quantitative estimate of drug-likeness (QED) is 0.743. The number of halogens is 2. The maximum atomic E-state index is 12.8. The summed E-state index contributed by atoms with van der Waals surface area (Å²) in [6.45, 7) is 0.866. The number of aromatic nitrogens is 2. The highest BCUT2D eigenvalue weighted by molar-refractivity contribution is 6.04. The van der Waals surface area contributed by atoms with Gasteiger partial charge in [-0.25, -0.2) is 13.8 Å². The first-order chi connectivity index (χ1) is 14.3. The molecule has 1 N–H and O–H groups in total.